The molecule has 3 atom stereocenters. The summed E-state index contributed by atoms with van der Waals surface area (Å²) in [5.74, 6) is -0.562. The summed E-state index contributed by atoms with van der Waals surface area (Å²) in [6.45, 7) is 0.473. The minimum atomic E-state index is -3.07. The van der Waals surface area contributed by atoms with Crippen LogP contribution in [0, 0.1) is 0 Å². The second kappa shape index (κ2) is 7.02. The fourth-order valence-electron chi connectivity index (χ4n) is 4.35. The minimum Gasteiger partial charge on any atom is -0.384 e. The molecule has 4 nitrogen and oxygen atoms in total. The van der Waals surface area contributed by atoms with Gasteiger partial charge in [0, 0.05) is 6.54 Å². The highest BCUT2D eigenvalue weighted by molar-refractivity contribution is 5.84. The zero-order valence-corrected chi connectivity index (χ0v) is 14.7. The van der Waals surface area contributed by atoms with E-state index < -0.39 is 30.1 Å². The molecule has 0 unspecified atom stereocenters. The summed E-state index contributed by atoms with van der Waals surface area (Å²) in [5.41, 5.74) is 0.465. The molecule has 27 heavy (non-hydrogen) atoms. The van der Waals surface area contributed by atoms with Crippen LogP contribution in [-0.2, 0) is 15.1 Å². The molecule has 2 fully saturated rings. The maximum atomic E-state index is 13.3. The van der Waals surface area contributed by atoms with Crippen LogP contribution in [-0.4, -0.2) is 47.1 Å². The molecule has 2 saturated heterocycles. The second-order valence-corrected chi connectivity index (χ2v) is 7.02. The highest BCUT2D eigenvalue weighted by Crippen LogP contribution is 2.48. The molecule has 2 aliphatic rings. The van der Waals surface area contributed by atoms with E-state index in [1.165, 1.54) is 0 Å². The van der Waals surface area contributed by atoms with Crippen molar-refractivity contribution in [3.63, 3.8) is 0 Å². The summed E-state index contributed by atoms with van der Waals surface area (Å²) in [5, 5.41) is 10.0. The third-order valence-corrected chi connectivity index (χ3v) is 5.54. The quantitative estimate of drug-likeness (QED) is 0.897. The number of fused-ring (bicyclic) bond motifs is 1. The van der Waals surface area contributed by atoms with Gasteiger partial charge in [-0.2, -0.15) is 0 Å². The van der Waals surface area contributed by atoms with Crippen molar-refractivity contribution >= 4 is 5.91 Å². The van der Waals surface area contributed by atoms with Gasteiger partial charge < -0.3 is 14.7 Å². The summed E-state index contributed by atoms with van der Waals surface area (Å²) in [6.07, 6.45) is -5.39. The Labute approximate surface area is 156 Å². The van der Waals surface area contributed by atoms with Crippen LogP contribution in [0.2, 0.25) is 0 Å². The number of rotatable bonds is 4. The van der Waals surface area contributed by atoms with Crippen molar-refractivity contribution in [3.8, 4) is 0 Å². The van der Waals surface area contributed by atoms with Gasteiger partial charge in [-0.15, -0.1) is 0 Å². The molecule has 142 valence electrons. The van der Waals surface area contributed by atoms with Crippen molar-refractivity contribution in [2.75, 3.05) is 6.54 Å². The molecule has 2 heterocycles. The molecule has 0 saturated carbocycles. The minimum absolute atomic E-state index is 0.309. The summed E-state index contributed by atoms with van der Waals surface area (Å²) in [4.78, 5) is 14.4. The molecule has 1 amide bonds. The molecule has 0 radical (unpaired) electrons. The first-order valence-electron chi connectivity index (χ1n) is 9.11. The summed E-state index contributed by atoms with van der Waals surface area (Å²) >= 11 is 0. The Hall–Kier alpha value is -2.31. The first-order chi connectivity index (χ1) is 13.1. The van der Waals surface area contributed by atoms with Gasteiger partial charge in [0.15, 0.2) is 6.10 Å². The van der Waals surface area contributed by atoms with Gasteiger partial charge in [0.2, 0.25) is 0 Å². The lowest BCUT2D eigenvalue weighted by atomic mass is 9.77. The van der Waals surface area contributed by atoms with Crippen LogP contribution < -0.4 is 0 Å². The molecule has 2 aliphatic heterocycles. The summed E-state index contributed by atoms with van der Waals surface area (Å²) in [7, 11) is 0. The first kappa shape index (κ1) is 18.1. The van der Waals surface area contributed by atoms with Gasteiger partial charge in [-0.1, -0.05) is 60.7 Å². The number of benzene rings is 2. The fraction of sp³-hybridized carbons (Fsp3) is 0.381. The highest BCUT2D eigenvalue weighted by atomic mass is 19.3. The molecule has 0 spiro atoms. The molecule has 1 N–H and O–H groups in total. The molecule has 4 rings (SSSR count). The molecule has 0 aliphatic carbocycles. The Kier molecular flexibility index (Phi) is 4.70. The van der Waals surface area contributed by atoms with Gasteiger partial charge in [-0.25, -0.2) is 8.78 Å². The van der Waals surface area contributed by atoms with Gasteiger partial charge in [-0.3, -0.25) is 4.79 Å². The van der Waals surface area contributed by atoms with E-state index in [0.717, 1.165) is 17.5 Å². The molecule has 2 aromatic carbocycles. The van der Waals surface area contributed by atoms with Crippen LogP contribution in [0.25, 0.3) is 0 Å². The number of hydrogen-bond donors (Lipinski definition) is 1. The monoisotopic (exact) mass is 373 g/mol. The Morgan fingerprint density at radius 1 is 1.04 bits per heavy atom. The summed E-state index contributed by atoms with van der Waals surface area (Å²) in [6, 6.07) is 18.4. The Bertz CT molecular complexity index is 760. The van der Waals surface area contributed by atoms with Gasteiger partial charge in [0.25, 0.3) is 12.3 Å². The van der Waals surface area contributed by atoms with Crippen molar-refractivity contribution in [2.24, 2.45) is 0 Å². The SMILES string of the molecule is O=C1[C@H]([C@@H](O)C(F)F)OC(c2ccccc2)(c2ccccc2)[C@@H]2CCCN12. The number of hydrogen-bond acceptors (Lipinski definition) is 3. The van der Waals surface area contributed by atoms with Crippen molar-refractivity contribution in [1.82, 2.24) is 4.90 Å². The topological polar surface area (TPSA) is 49.8 Å². The average Bonchev–Trinajstić information content (AvgIpc) is 3.20. The third kappa shape index (κ3) is 2.84. The normalized spacial score (nSPS) is 25.5. The van der Waals surface area contributed by atoms with Crippen molar-refractivity contribution in [3.05, 3.63) is 71.8 Å². The number of alkyl halides is 2. The van der Waals surface area contributed by atoms with E-state index in [-0.39, 0.29) is 6.04 Å². The second-order valence-electron chi connectivity index (χ2n) is 7.02. The predicted octanol–water partition coefficient (Wildman–Crippen LogP) is 2.95. The van der Waals surface area contributed by atoms with Crippen molar-refractivity contribution in [2.45, 2.75) is 43.1 Å². The van der Waals surface area contributed by atoms with E-state index in [4.69, 9.17) is 4.74 Å². The van der Waals surface area contributed by atoms with Crippen LogP contribution in [0.5, 0.6) is 0 Å². The standard InChI is InChI=1S/C21H21F2NO3/c22-19(23)17(25)18-20(26)24-13-7-12-16(24)21(27-18,14-8-3-1-4-9-14)15-10-5-2-6-11-15/h1-6,8-11,16-19,25H,7,12-13H2/t16-,17+,18-/m0/s1. The van der Waals surface area contributed by atoms with E-state index in [9.17, 15) is 18.7 Å². The lowest BCUT2D eigenvalue weighted by molar-refractivity contribution is -0.214. The number of nitrogens with zero attached hydrogens (tertiary/aromatic N) is 1. The molecule has 0 bridgehead atoms. The van der Waals surface area contributed by atoms with Crippen LogP contribution in [0.1, 0.15) is 24.0 Å². The number of aliphatic hydroxyl groups is 1. The number of ether oxygens (including phenoxy) is 1. The van der Waals surface area contributed by atoms with E-state index in [1.54, 1.807) is 4.90 Å². The maximum absolute atomic E-state index is 13.3. The van der Waals surface area contributed by atoms with Crippen molar-refractivity contribution in [1.29, 1.82) is 0 Å². The molecule has 6 heteroatoms. The van der Waals surface area contributed by atoms with Gasteiger partial charge in [-0.05, 0) is 24.0 Å². The molecular formula is C21H21F2NO3. The molecular weight excluding hydrogens is 352 g/mol. The lowest BCUT2D eigenvalue weighted by Gasteiger charge is -2.50. The zero-order valence-electron chi connectivity index (χ0n) is 14.7. The van der Waals surface area contributed by atoms with Crippen LogP contribution in [0.3, 0.4) is 0 Å². The number of carbonyl (C=O) groups is 1. The van der Waals surface area contributed by atoms with Gasteiger partial charge in [0.05, 0.1) is 6.04 Å². The summed E-state index contributed by atoms with van der Waals surface area (Å²) < 4.78 is 32.7. The Balaban J connectivity index is 1.91. The number of morpholine rings is 1. The Morgan fingerprint density at radius 3 is 2.11 bits per heavy atom. The largest absolute Gasteiger partial charge is 0.384 e. The van der Waals surface area contributed by atoms with Gasteiger partial charge >= 0.3 is 0 Å². The number of halogens is 2. The number of amides is 1. The van der Waals surface area contributed by atoms with E-state index >= 15 is 0 Å². The Morgan fingerprint density at radius 2 is 1.59 bits per heavy atom. The lowest BCUT2D eigenvalue weighted by Crippen LogP contribution is -2.64. The average molecular weight is 373 g/mol. The molecule has 2 aromatic rings. The first-order valence-corrected chi connectivity index (χ1v) is 9.11. The molecule has 0 aromatic heterocycles. The van der Waals surface area contributed by atoms with Crippen LogP contribution in [0.4, 0.5) is 8.78 Å². The van der Waals surface area contributed by atoms with Crippen molar-refractivity contribution < 1.29 is 23.4 Å². The third-order valence-electron chi connectivity index (χ3n) is 5.54. The predicted molar refractivity (Wildman–Crippen MR) is 95.3 cm³/mol. The van der Waals surface area contributed by atoms with Gasteiger partial charge in [0.1, 0.15) is 11.7 Å². The highest BCUT2D eigenvalue weighted by Gasteiger charge is 2.58. The maximum Gasteiger partial charge on any atom is 0.267 e. The fourth-order valence-corrected chi connectivity index (χ4v) is 4.35. The van der Waals surface area contributed by atoms with Crippen LogP contribution >= 0.6 is 0 Å². The van der Waals surface area contributed by atoms with E-state index in [1.807, 2.05) is 60.7 Å². The number of carbonyl (C=O) groups excluding carboxylic acids is 1. The van der Waals surface area contributed by atoms with E-state index in [2.05, 4.69) is 0 Å². The van der Waals surface area contributed by atoms with Crippen LogP contribution in [0.15, 0.2) is 60.7 Å². The number of aliphatic hydroxyl groups excluding tert-OH is 1. The smallest absolute Gasteiger partial charge is 0.267 e. The van der Waals surface area contributed by atoms with E-state index in [0.29, 0.717) is 13.0 Å². The zero-order chi connectivity index (χ0) is 19.0.